The van der Waals surface area contributed by atoms with Gasteiger partial charge in [0.05, 0.1) is 0 Å². The van der Waals surface area contributed by atoms with E-state index in [1.165, 1.54) is 13.7 Å². The lowest BCUT2D eigenvalue weighted by Crippen LogP contribution is -2.15. The quantitative estimate of drug-likeness (QED) is 0.437. The average Bonchev–Trinajstić information content (AvgIpc) is 1.35. The zero-order chi connectivity index (χ0) is 4.99. The van der Waals surface area contributed by atoms with Crippen LogP contribution in [0.5, 0.6) is 0 Å². The van der Waals surface area contributed by atoms with Gasteiger partial charge in [-0.25, -0.2) is 0 Å². The van der Waals surface area contributed by atoms with Crippen molar-refractivity contribution in [3.05, 3.63) is 0 Å². The molecule has 0 heterocycles. The van der Waals surface area contributed by atoms with Gasteiger partial charge in [-0.05, 0) is 14.1 Å². The van der Waals surface area contributed by atoms with Crippen molar-refractivity contribution >= 4 is 7.41 Å². The molecule has 0 aliphatic carbocycles. The smallest absolute Gasteiger partial charge is 0.203 e. The van der Waals surface area contributed by atoms with Crippen LogP contribution in [0.25, 0.3) is 0 Å². The summed E-state index contributed by atoms with van der Waals surface area (Å²) in [4.78, 5) is 2.18. The van der Waals surface area contributed by atoms with Crippen molar-refractivity contribution in [1.82, 2.24) is 4.81 Å². The molecule has 36 valence electrons. The summed E-state index contributed by atoms with van der Waals surface area (Å²) in [7, 11) is 5.38. The fraction of sp³-hybridized carbons (Fsp3) is 1.00. The molecule has 0 unspecified atom stereocenters. The lowest BCUT2D eigenvalue weighted by molar-refractivity contribution is 0.659. The van der Waals surface area contributed by atoms with Crippen molar-refractivity contribution in [3.63, 3.8) is 0 Å². The van der Waals surface area contributed by atoms with Gasteiger partial charge >= 0.3 is 0 Å². The van der Waals surface area contributed by atoms with Crippen molar-refractivity contribution in [2.75, 3.05) is 14.1 Å². The van der Waals surface area contributed by atoms with Gasteiger partial charge in [-0.1, -0.05) is 13.2 Å². The summed E-state index contributed by atoms with van der Waals surface area (Å²) in [6, 6.07) is 0. The summed E-state index contributed by atoms with van der Waals surface area (Å²) in [6.07, 6.45) is 1.26. The number of hydrogen-bond donors (Lipinski definition) is 0. The van der Waals surface area contributed by atoms with Gasteiger partial charge in [0.15, 0.2) is 0 Å². The Bertz CT molecular complexity index is 28.7. The molecule has 0 saturated heterocycles. The molecule has 0 N–H and O–H groups in total. The molecule has 0 aromatic heterocycles. The van der Waals surface area contributed by atoms with Crippen LogP contribution in [-0.2, 0) is 0 Å². The molecule has 0 aromatic rings. The maximum atomic E-state index is 2.18. The topological polar surface area (TPSA) is 3.24 Å². The number of rotatable bonds is 2. The van der Waals surface area contributed by atoms with E-state index in [2.05, 4.69) is 25.8 Å². The first-order chi connectivity index (χ1) is 2.77. The van der Waals surface area contributed by atoms with Crippen molar-refractivity contribution < 1.29 is 0 Å². The van der Waals surface area contributed by atoms with Crippen molar-refractivity contribution in [2.24, 2.45) is 0 Å². The van der Waals surface area contributed by atoms with E-state index < -0.39 is 0 Å². The van der Waals surface area contributed by atoms with E-state index in [9.17, 15) is 0 Å². The van der Waals surface area contributed by atoms with Gasteiger partial charge in [-0.15, -0.1) is 0 Å². The first kappa shape index (κ1) is 6.02. The normalized spacial score (nSPS) is 9.33. The molecule has 0 atom stereocenters. The van der Waals surface area contributed by atoms with Crippen LogP contribution in [0.1, 0.15) is 6.92 Å². The fourth-order valence-electron chi connectivity index (χ4n) is 0.447. The monoisotopic (exact) mass is 85.1 g/mol. The summed E-state index contributed by atoms with van der Waals surface area (Å²) in [6.45, 7) is 2.18. The molecule has 0 rings (SSSR count). The molecule has 0 fully saturated rings. The van der Waals surface area contributed by atoms with E-state index in [0.29, 0.717) is 0 Å². The first-order valence-corrected chi connectivity index (χ1v) is 2.42. The van der Waals surface area contributed by atoms with Crippen LogP contribution < -0.4 is 0 Å². The highest BCUT2D eigenvalue weighted by molar-refractivity contribution is 6.31. The molecule has 0 aliphatic heterocycles. The average molecular weight is 85.0 g/mol. The molecule has 6 heavy (non-hydrogen) atoms. The lowest BCUT2D eigenvalue weighted by atomic mass is 9.89. The molecule has 0 amide bonds. The highest BCUT2D eigenvalue weighted by Gasteiger charge is 1.84. The van der Waals surface area contributed by atoms with Gasteiger partial charge in [-0.3, -0.25) is 0 Å². The van der Waals surface area contributed by atoms with Gasteiger partial charge in [0.2, 0.25) is 7.41 Å². The van der Waals surface area contributed by atoms with Crippen molar-refractivity contribution in [3.8, 4) is 0 Å². The SMILES string of the molecule is CCBN(C)C. The Morgan fingerprint density at radius 3 is 2.00 bits per heavy atom. The summed E-state index contributed by atoms with van der Waals surface area (Å²) < 4.78 is 0. The molecule has 0 aromatic carbocycles. The fourth-order valence-corrected chi connectivity index (χ4v) is 0.447. The molecule has 1 nitrogen and oxygen atoms in total. The largest absolute Gasteiger partial charge is 0.350 e. The molecule has 0 spiro atoms. The summed E-state index contributed by atoms with van der Waals surface area (Å²) in [5.74, 6) is 0. The van der Waals surface area contributed by atoms with Crippen LogP contribution in [0.4, 0.5) is 0 Å². The zero-order valence-electron chi connectivity index (χ0n) is 4.86. The second-order valence-electron chi connectivity index (χ2n) is 1.80. The third-order valence-corrected chi connectivity index (χ3v) is 0.671. The van der Waals surface area contributed by atoms with Crippen LogP contribution >= 0.6 is 0 Å². The Morgan fingerprint density at radius 2 is 2.00 bits per heavy atom. The standard InChI is InChI=1S/C4H12BN/c1-4-5-6(2)3/h5H,4H2,1-3H3. The van der Waals surface area contributed by atoms with E-state index in [1.54, 1.807) is 0 Å². The zero-order valence-corrected chi connectivity index (χ0v) is 4.86. The minimum Gasteiger partial charge on any atom is -0.350 e. The molecular formula is C4H12BN. The predicted octanol–water partition coefficient (Wildman–Crippen LogP) is 0.338. The summed E-state index contributed by atoms with van der Waals surface area (Å²) >= 11 is 0. The number of nitrogens with zero attached hydrogens (tertiary/aromatic N) is 1. The van der Waals surface area contributed by atoms with E-state index in [1.807, 2.05) is 0 Å². The Morgan fingerprint density at radius 1 is 1.50 bits per heavy atom. The van der Waals surface area contributed by atoms with Crippen molar-refractivity contribution in [2.45, 2.75) is 13.2 Å². The van der Waals surface area contributed by atoms with E-state index in [-0.39, 0.29) is 0 Å². The predicted molar refractivity (Wildman–Crippen MR) is 31.3 cm³/mol. The minimum absolute atomic E-state index is 1.21. The molecular weight excluding hydrogens is 72.9 g/mol. The second kappa shape index (κ2) is 3.22. The van der Waals surface area contributed by atoms with Gasteiger partial charge < -0.3 is 4.81 Å². The first-order valence-electron chi connectivity index (χ1n) is 2.42. The van der Waals surface area contributed by atoms with E-state index >= 15 is 0 Å². The highest BCUT2D eigenvalue weighted by Crippen LogP contribution is 1.73. The van der Waals surface area contributed by atoms with Gasteiger partial charge in [-0.2, -0.15) is 0 Å². The Kier molecular flexibility index (Phi) is 3.24. The lowest BCUT2D eigenvalue weighted by Gasteiger charge is -2.01. The van der Waals surface area contributed by atoms with Gasteiger partial charge in [0.25, 0.3) is 0 Å². The molecule has 2 heteroatoms. The van der Waals surface area contributed by atoms with Gasteiger partial charge in [0, 0.05) is 0 Å². The Labute approximate surface area is 40.6 Å². The van der Waals surface area contributed by atoms with E-state index in [4.69, 9.17) is 0 Å². The van der Waals surface area contributed by atoms with Crippen LogP contribution in [0, 0.1) is 0 Å². The maximum absolute atomic E-state index is 2.18. The minimum atomic E-state index is 1.21. The molecule has 0 saturated carbocycles. The van der Waals surface area contributed by atoms with E-state index in [0.717, 1.165) is 0 Å². The Hall–Kier alpha value is 0.0249. The van der Waals surface area contributed by atoms with Crippen LogP contribution in [0.3, 0.4) is 0 Å². The van der Waals surface area contributed by atoms with Crippen LogP contribution in [0.2, 0.25) is 6.32 Å². The summed E-state index contributed by atoms with van der Waals surface area (Å²) in [5, 5.41) is 0. The highest BCUT2D eigenvalue weighted by atomic mass is 15.0. The second-order valence-corrected chi connectivity index (χ2v) is 1.80. The van der Waals surface area contributed by atoms with Crippen LogP contribution in [0.15, 0.2) is 0 Å². The number of hydrogen-bond acceptors (Lipinski definition) is 1. The summed E-state index contributed by atoms with van der Waals surface area (Å²) in [5.41, 5.74) is 0. The Balaban J connectivity index is 2.63. The van der Waals surface area contributed by atoms with Crippen molar-refractivity contribution in [1.29, 1.82) is 0 Å². The third-order valence-electron chi connectivity index (χ3n) is 0.671. The van der Waals surface area contributed by atoms with Gasteiger partial charge in [0.1, 0.15) is 0 Å². The molecule has 0 radical (unpaired) electrons. The van der Waals surface area contributed by atoms with Crippen LogP contribution in [-0.4, -0.2) is 26.3 Å². The molecule has 0 aliphatic rings. The maximum Gasteiger partial charge on any atom is 0.203 e. The third kappa shape index (κ3) is 4.02. The molecule has 0 bridgehead atoms.